The fraction of sp³-hybridized carbons (Fsp3) is 0.667. The van der Waals surface area contributed by atoms with E-state index < -0.39 is 5.79 Å². The van der Waals surface area contributed by atoms with Crippen LogP contribution in [0.1, 0.15) is 64.9 Å². The minimum absolute atomic E-state index is 0.119. The zero-order valence-corrected chi connectivity index (χ0v) is 13.2. The molecule has 2 heteroatoms. The van der Waals surface area contributed by atoms with Gasteiger partial charge in [-0.3, -0.25) is 0 Å². The first kappa shape index (κ1) is 17.2. The van der Waals surface area contributed by atoms with Gasteiger partial charge in [-0.25, -0.2) is 0 Å². The Morgan fingerprint density at radius 1 is 0.950 bits per heavy atom. The maximum absolute atomic E-state index is 10.6. The number of aliphatic hydroxyl groups is 2. The number of unbranched alkanes of at least 4 members (excludes halogenated alkanes) is 4. The molecule has 1 aromatic carbocycles. The second-order valence-corrected chi connectivity index (χ2v) is 6.15. The Balaban J connectivity index is 2.65. The molecule has 0 aliphatic rings. The Morgan fingerprint density at radius 3 is 2.10 bits per heavy atom. The minimum Gasteiger partial charge on any atom is -0.362 e. The summed E-state index contributed by atoms with van der Waals surface area (Å²) in [5.41, 5.74) is 0.604. The fourth-order valence-corrected chi connectivity index (χ4v) is 2.86. The monoisotopic (exact) mass is 278 g/mol. The van der Waals surface area contributed by atoms with Crippen molar-refractivity contribution in [2.24, 2.45) is 11.8 Å². The van der Waals surface area contributed by atoms with Gasteiger partial charge < -0.3 is 10.2 Å². The molecular formula is C18H30O2. The Hall–Kier alpha value is -0.860. The Kier molecular flexibility index (Phi) is 7.25. The van der Waals surface area contributed by atoms with Gasteiger partial charge in [0.2, 0.25) is 0 Å². The van der Waals surface area contributed by atoms with E-state index in [9.17, 15) is 10.2 Å². The largest absolute Gasteiger partial charge is 0.362 e. The Labute approximate surface area is 123 Å². The molecule has 0 aliphatic heterocycles. The third-order valence-corrected chi connectivity index (χ3v) is 4.14. The molecule has 2 N–H and O–H groups in total. The molecule has 1 rings (SSSR count). The summed E-state index contributed by atoms with van der Waals surface area (Å²) in [6.45, 7) is 6.35. The molecule has 0 aromatic heterocycles. The summed E-state index contributed by atoms with van der Waals surface area (Å²) < 4.78 is 0. The van der Waals surface area contributed by atoms with Gasteiger partial charge in [-0.15, -0.1) is 0 Å². The molecule has 2 nitrogen and oxygen atoms in total. The Morgan fingerprint density at radius 2 is 1.55 bits per heavy atom. The van der Waals surface area contributed by atoms with Crippen LogP contribution >= 0.6 is 0 Å². The molecule has 0 amide bonds. The first-order chi connectivity index (χ1) is 9.50. The van der Waals surface area contributed by atoms with E-state index in [0.29, 0.717) is 5.56 Å². The van der Waals surface area contributed by atoms with Crippen LogP contribution in [0.3, 0.4) is 0 Å². The quantitative estimate of drug-likeness (QED) is 0.517. The van der Waals surface area contributed by atoms with Crippen LogP contribution in [0.25, 0.3) is 0 Å². The first-order valence-corrected chi connectivity index (χ1v) is 8.00. The van der Waals surface area contributed by atoms with E-state index in [2.05, 4.69) is 20.8 Å². The summed E-state index contributed by atoms with van der Waals surface area (Å²) in [5, 5.41) is 21.1. The minimum atomic E-state index is -1.72. The van der Waals surface area contributed by atoms with Crippen molar-refractivity contribution >= 4 is 0 Å². The lowest BCUT2D eigenvalue weighted by Crippen LogP contribution is -2.38. The molecule has 0 fully saturated rings. The van der Waals surface area contributed by atoms with Crippen molar-refractivity contribution in [1.82, 2.24) is 0 Å². The second-order valence-electron chi connectivity index (χ2n) is 6.15. The van der Waals surface area contributed by atoms with E-state index >= 15 is 0 Å². The highest BCUT2D eigenvalue weighted by Gasteiger charge is 2.37. The molecule has 0 saturated heterocycles. The van der Waals surface area contributed by atoms with Crippen molar-refractivity contribution in [3.05, 3.63) is 35.9 Å². The third-order valence-electron chi connectivity index (χ3n) is 4.14. The SMILES string of the molecule is CCCCCCCC(C(C)C)C(O)(O)c1ccccc1. The molecule has 0 bridgehead atoms. The fourth-order valence-electron chi connectivity index (χ4n) is 2.86. The van der Waals surface area contributed by atoms with Gasteiger partial charge in [-0.05, 0) is 12.3 Å². The lowest BCUT2D eigenvalue weighted by molar-refractivity contribution is -0.222. The smallest absolute Gasteiger partial charge is 0.192 e. The summed E-state index contributed by atoms with van der Waals surface area (Å²) in [6, 6.07) is 9.21. The molecule has 0 saturated carbocycles. The van der Waals surface area contributed by atoms with Crippen molar-refractivity contribution < 1.29 is 10.2 Å². The lowest BCUT2D eigenvalue weighted by atomic mass is 9.80. The summed E-state index contributed by atoms with van der Waals surface area (Å²) in [6.07, 6.45) is 6.87. The number of rotatable bonds is 9. The van der Waals surface area contributed by atoms with Crippen LogP contribution in [0.4, 0.5) is 0 Å². The average molecular weight is 278 g/mol. The molecule has 1 aromatic rings. The molecule has 1 unspecified atom stereocenters. The highest BCUT2D eigenvalue weighted by atomic mass is 16.5. The van der Waals surface area contributed by atoms with E-state index in [1.807, 2.05) is 18.2 Å². The first-order valence-electron chi connectivity index (χ1n) is 8.00. The number of hydrogen-bond donors (Lipinski definition) is 2. The summed E-state index contributed by atoms with van der Waals surface area (Å²) >= 11 is 0. The maximum Gasteiger partial charge on any atom is 0.192 e. The van der Waals surface area contributed by atoms with Gasteiger partial charge in [0.05, 0.1) is 0 Å². The zero-order valence-electron chi connectivity index (χ0n) is 13.2. The van der Waals surface area contributed by atoms with Crippen molar-refractivity contribution in [1.29, 1.82) is 0 Å². The maximum atomic E-state index is 10.6. The molecule has 0 spiro atoms. The molecule has 0 aliphatic carbocycles. The summed E-state index contributed by atoms with van der Waals surface area (Å²) in [4.78, 5) is 0. The van der Waals surface area contributed by atoms with E-state index in [4.69, 9.17) is 0 Å². The van der Waals surface area contributed by atoms with Gasteiger partial charge in [0.1, 0.15) is 0 Å². The number of hydrogen-bond acceptors (Lipinski definition) is 2. The van der Waals surface area contributed by atoms with Gasteiger partial charge in [0.15, 0.2) is 5.79 Å². The predicted molar refractivity (Wildman–Crippen MR) is 84.3 cm³/mol. The van der Waals surface area contributed by atoms with Crippen LogP contribution in [-0.4, -0.2) is 10.2 Å². The van der Waals surface area contributed by atoms with Crippen LogP contribution in [0, 0.1) is 11.8 Å². The van der Waals surface area contributed by atoms with Crippen LogP contribution in [-0.2, 0) is 5.79 Å². The molecule has 0 heterocycles. The van der Waals surface area contributed by atoms with Crippen LogP contribution in [0.5, 0.6) is 0 Å². The Bertz CT molecular complexity index is 357. The highest BCUT2D eigenvalue weighted by molar-refractivity contribution is 5.20. The van der Waals surface area contributed by atoms with Crippen molar-refractivity contribution in [2.45, 2.75) is 65.1 Å². The molecule has 0 radical (unpaired) electrons. The zero-order chi connectivity index (χ0) is 15.0. The summed E-state index contributed by atoms with van der Waals surface area (Å²) in [5.74, 6) is -1.59. The number of benzene rings is 1. The highest BCUT2D eigenvalue weighted by Crippen LogP contribution is 2.35. The van der Waals surface area contributed by atoms with Crippen LogP contribution < -0.4 is 0 Å². The van der Waals surface area contributed by atoms with E-state index in [1.54, 1.807) is 12.1 Å². The van der Waals surface area contributed by atoms with Crippen molar-refractivity contribution in [3.8, 4) is 0 Å². The predicted octanol–water partition coefficient (Wildman–Crippen LogP) is 4.46. The third kappa shape index (κ3) is 4.92. The topological polar surface area (TPSA) is 40.5 Å². The van der Waals surface area contributed by atoms with Crippen LogP contribution in [0.15, 0.2) is 30.3 Å². The van der Waals surface area contributed by atoms with E-state index in [1.165, 1.54) is 25.7 Å². The summed E-state index contributed by atoms with van der Waals surface area (Å²) in [7, 11) is 0. The van der Waals surface area contributed by atoms with Gasteiger partial charge in [-0.1, -0.05) is 83.2 Å². The molecule has 114 valence electrons. The average Bonchev–Trinajstić information content (AvgIpc) is 2.43. The molecule has 20 heavy (non-hydrogen) atoms. The molecular weight excluding hydrogens is 248 g/mol. The lowest BCUT2D eigenvalue weighted by Gasteiger charge is -2.34. The van der Waals surface area contributed by atoms with Gasteiger partial charge in [0.25, 0.3) is 0 Å². The van der Waals surface area contributed by atoms with E-state index in [-0.39, 0.29) is 11.8 Å². The van der Waals surface area contributed by atoms with Gasteiger partial charge >= 0.3 is 0 Å². The normalized spacial score (nSPS) is 13.7. The van der Waals surface area contributed by atoms with Gasteiger partial charge in [0, 0.05) is 11.5 Å². The van der Waals surface area contributed by atoms with E-state index in [0.717, 1.165) is 12.8 Å². The van der Waals surface area contributed by atoms with Gasteiger partial charge in [-0.2, -0.15) is 0 Å². The molecule has 1 atom stereocenters. The second kappa shape index (κ2) is 8.43. The van der Waals surface area contributed by atoms with Crippen molar-refractivity contribution in [3.63, 3.8) is 0 Å². The standard InChI is InChI=1S/C18H30O2/c1-4-5-6-7-11-14-17(15(2)3)18(19,20)16-12-9-8-10-13-16/h8-10,12-13,15,17,19-20H,4-7,11,14H2,1-3H3. The van der Waals surface area contributed by atoms with Crippen molar-refractivity contribution in [2.75, 3.05) is 0 Å². The van der Waals surface area contributed by atoms with Crippen LogP contribution in [0.2, 0.25) is 0 Å².